The Labute approximate surface area is 156 Å². The molecule has 0 spiro atoms. The van der Waals surface area contributed by atoms with Crippen LogP contribution in [0.25, 0.3) is 10.1 Å². The van der Waals surface area contributed by atoms with E-state index in [9.17, 15) is 9.18 Å². The Morgan fingerprint density at radius 3 is 2.69 bits per heavy atom. The van der Waals surface area contributed by atoms with E-state index in [4.69, 9.17) is 4.74 Å². The van der Waals surface area contributed by atoms with E-state index in [1.54, 1.807) is 23.5 Å². The van der Waals surface area contributed by atoms with Crippen molar-refractivity contribution in [2.45, 2.75) is 6.04 Å². The number of fused-ring (bicyclic) bond motifs is 1. The van der Waals surface area contributed by atoms with E-state index in [1.807, 2.05) is 26.2 Å². The van der Waals surface area contributed by atoms with Crippen LogP contribution in [0.3, 0.4) is 0 Å². The Morgan fingerprint density at radius 2 is 1.92 bits per heavy atom. The first-order valence-electron chi connectivity index (χ1n) is 8.33. The number of thiophene rings is 1. The van der Waals surface area contributed by atoms with Crippen LogP contribution in [0.5, 0.6) is 5.75 Å². The van der Waals surface area contributed by atoms with E-state index < -0.39 is 5.82 Å². The van der Waals surface area contributed by atoms with Crippen molar-refractivity contribution in [2.24, 2.45) is 0 Å². The smallest absolute Gasteiger partial charge is 0.258 e. The molecule has 1 atom stereocenters. The number of para-hydroxylation sites is 1. The molecular weight excluding hydrogens is 351 g/mol. The third-order valence-electron chi connectivity index (χ3n) is 4.18. The van der Waals surface area contributed by atoms with E-state index in [1.165, 1.54) is 27.8 Å². The standard InChI is InChI=1S/C20H21FN2O2S/c1-23(2)17(15-13-26-19-10-6-3-7-14(15)19)11-22-20(24)12-25-18-9-5-4-8-16(18)21/h3-10,13,17H,11-12H2,1-2H3,(H,22,24). The normalized spacial score (nSPS) is 12.3. The zero-order valence-corrected chi connectivity index (χ0v) is 15.6. The van der Waals surface area contributed by atoms with E-state index in [0.717, 1.165) is 0 Å². The second kappa shape index (κ2) is 8.29. The van der Waals surface area contributed by atoms with Crippen LogP contribution in [-0.4, -0.2) is 38.1 Å². The molecule has 3 aromatic rings. The summed E-state index contributed by atoms with van der Waals surface area (Å²) in [5.41, 5.74) is 1.19. The number of halogens is 1. The monoisotopic (exact) mass is 372 g/mol. The van der Waals surface area contributed by atoms with Gasteiger partial charge in [-0.25, -0.2) is 4.39 Å². The summed E-state index contributed by atoms with van der Waals surface area (Å²) in [5.74, 6) is -0.675. The molecule has 0 aliphatic rings. The van der Waals surface area contributed by atoms with Crippen molar-refractivity contribution in [3.05, 3.63) is 65.3 Å². The first kappa shape index (κ1) is 18.4. The third-order valence-corrected chi connectivity index (χ3v) is 5.16. The average molecular weight is 372 g/mol. The molecule has 1 aromatic heterocycles. The van der Waals surface area contributed by atoms with Crippen molar-refractivity contribution in [1.82, 2.24) is 10.2 Å². The Kier molecular flexibility index (Phi) is 5.85. The number of amides is 1. The number of carbonyl (C=O) groups excluding carboxylic acids is 1. The van der Waals surface area contributed by atoms with Crippen LogP contribution in [0, 0.1) is 5.82 Å². The lowest BCUT2D eigenvalue weighted by atomic mass is 10.0. The highest BCUT2D eigenvalue weighted by molar-refractivity contribution is 7.17. The van der Waals surface area contributed by atoms with Gasteiger partial charge in [-0.1, -0.05) is 30.3 Å². The first-order valence-corrected chi connectivity index (χ1v) is 9.21. The highest BCUT2D eigenvalue weighted by Crippen LogP contribution is 2.31. The van der Waals surface area contributed by atoms with Gasteiger partial charge >= 0.3 is 0 Å². The van der Waals surface area contributed by atoms with Gasteiger partial charge in [0.15, 0.2) is 18.2 Å². The molecule has 6 heteroatoms. The van der Waals surface area contributed by atoms with Gasteiger partial charge in [0.25, 0.3) is 5.91 Å². The van der Waals surface area contributed by atoms with Crippen molar-refractivity contribution < 1.29 is 13.9 Å². The summed E-state index contributed by atoms with van der Waals surface area (Å²) in [6, 6.07) is 14.3. The van der Waals surface area contributed by atoms with Crippen molar-refractivity contribution in [2.75, 3.05) is 27.2 Å². The van der Waals surface area contributed by atoms with Crippen LogP contribution >= 0.6 is 11.3 Å². The summed E-state index contributed by atoms with van der Waals surface area (Å²) in [4.78, 5) is 14.2. The van der Waals surface area contributed by atoms with Crippen LogP contribution in [-0.2, 0) is 4.79 Å². The molecule has 0 aliphatic carbocycles. The van der Waals surface area contributed by atoms with Gasteiger partial charge in [-0.2, -0.15) is 0 Å². The third kappa shape index (κ3) is 4.20. The maximum Gasteiger partial charge on any atom is 0.258 e. The zero-order valence-electron chi connectivity index (χ0n) is 14.7. The van der Waals surface area contributed by atoms with Crippen LogP contribution in [0.4, 0.5) is 4.39 Å². The predicted molar refractivity (Wildman–Crippen MR) is 103 cm³/mol. The van der Waals surface area contributed by atoms with Gasteiger partial charge in [0.2, 0.25) is 0 Å². The summed E-state index contributed by atoms with van der Waals surface area (Å²) in [5, 5.41) is 6.22. The minimum Gasteiger partial charge on any atom is -0.481 e. The highest BCUT2D eigenvalue weighted by atomic mass is 32.1. The average Bonchev–Trinajstić information content (AvgIpc) is 3.05. The molecule has 0 saturated heterocycles. The van der Waals surface area contributed by atoms with Gasteiger partial charge in [-0.05, 0) is 48.6 Å². The van der Waals surface area contributed by atoms with Crippen LogP contribution < -0.4 is 10.1 Å². The number of ether oxygens (including phenoxy) is 1. The lowest BCUT2D eigenvalue weighted by Gasteiger charge is -2.24. The number of hydrogen-bond acceptors (Lipinski definition) is 4. The molecule has 0 bridgehead atoms. The summed E-state index contributed by atoms with van der Waals surface area (Å²) >= 11 is 1.70. The largest absolute Gasteiger partial charge is 0.481 e. The molecule has 136 valence electrons. The fourth-order valence-corrected chi connectivity index (χ4v) is 3.80. The summed E-state index contributed by atoms with van der Waals surface area (Å²) in [6.07, 6.45) is 0. The second-order valence-electron chi connectivity index (χ2n) is 6.19. The summed E-state index contributed by atoms with van der Waals surface area (Å²) in [6.45, 7) is 0.235. The Balaban J connectivity index is 1.62. The van der Waals surface area contributed by atoms with Gasteiger partial charge in [-0.15, -0.1) is 11.3 Å². The van der Waals surface area contributed by atoms with Gasteiger partial charge in [0.1, 0.15) is 0 Å². The quantitative estimate of drug-likeness (QED) is 0.685. The molecule has 0 fully saturated rings. The molecule has 0 saturated carbocycles. The number of benzene rings is 2. The minimum atomic E-state index is -0.476. The lowest BCUT2D eigenvalue weighted by Crippen LogP contribution is -2.36. The topological polar surface area (TPSA) is 41.6 Å². The zero-order chi connectivity index (χ0) is 18.5. The van der Waals surface area contributed by atoms with Gasteiger partial charge < -0.3 is 15.0 Å². The van der Waals surface area contributed by atoms with Crippen molar-refractivity contribution in [3.8, 4) is 5.75 Å². The van der Waals surface area contributed by atoms with Crippen molar-refractivity contribution in [3.63, 3.8) is 0 Å². The predicted octanol–water partition coefficient (Wildman–Crippen LogP) is 3.84. The highest BCUT2D eigenvalue weighted by Gasteiger charge is 2.19. The molecule has 3 rings (SSSR count). The molecule has 4 nitrogen and oxygen atoms in total. The molecule has 2 aromatic carbocycles. The van der Waals surface area contributed by atoms with Crippen LogP contribution in [0.15, 0.2) is 53.9 Å². The minimum absolute atomic E-state index is 0.0450. The van der Waals surface area contributed by atoms with Gasteiger partial charge in [-0.3, -0.25) is 4.79 Å². The van der Waals surface area contributed by atoms with Gasteiger partial charge in [0, 0.05) is 11.2 Å². The molecule has 1 heterocycles. The van der Waals surface area contributed by atoms with E-state index >= 15 is 0 Å². The van der Waals surface area contributed by atoms with Crippen molar-refractivity contribution >= 4 is 27.3 Å². The second-order valence-corrected chi connectivity index (χ2v) is 7.10. The molecular formula is C20H21FN2O2S. The number of hydrogen-bond donors (Lipinski definition) is 1. The fourth-order valence-electron chi connectivity index (χ4n) is 2.79. The molecule has 0 radical (unpaired) electrons. The number of nitrogens with one attached hydrogen (secondary N) is 1. The number of likely N-dealkylation sites (N-methyl/N-ethyl adjacent to an activating group) is 1. The van der Waals surface area contributed by atoms with Crippen LogP contribution in [0.1, 0.15) is 11.6 Å². The SMILES string of the molecule is CN(C)C(CNC(=O)COc1ccccc1F)c1csc2ccccc12. The summed E-state index contributed by atoms with van der Waals surface area (Å²) < 4.78 is 20.0. The van der Waals surface area contributed by atoms with E-state index in [0.29, 0.717) is 6.54 Å². The number of rotatable bonds is 7. The van der Waals surface area contributed by atoms with Crippen LogP contribution in [0.2, 0.25) is 0 Å². The molecule has 26 heavy (non-hydrogen) atoms. The molecule has 1 N–H and O–H groups in total. The Bertz CT molecular complexity index is 894. The van der Waals surface area contributed by atoms with E-state index in [2.05, 4.69) is 27.7 Å². The molecule has 1 unspecified atom stereocenters. The number of nitrogens with zero attached hydrogens (tertiary/aromatic N) is 1. The van der Waals surface area contributed by atoms with E-state index in [-0.39, 0.29) is 24.3 Å². The maximum atomic E-state index is 13.5. The van der Waals surface area contributed by atoms with Gasteiger partial charge in [0.05, 0.1) is 6.04 Å². The molecule has 1 amide bonds. The lowest BCUT2D eigenvalue weighted by molar-refractivity contribution is -0.123. The summed E-state index contributed by atoms with van der Waals surface area (Å²) in [7, 11) is 3.97. The molecule has 0 aliphatic heterocycles. The van der Waals surface area contributed by atoms with Crippen molar-refractivity contribution in [1.29, 1.82) is 0 Å². The fraction of sp³-hybridized carbons (Fsp3) is 0.250. The number of carbonyl (C=O) groups is 1. The maximum absolute atomic E-state index is 13.5. The Hall–Kier alpha value is -2.44. The Morgan fingerprint density at radius 1 is 1.19 bits per heavy atom. The first-order chi connectivity index (χ1) is 12.6.